The van der Waals surface area contributed by atoms with Crippen LogP contribution < -0.4 is 0 Å². The normalized spacial score (nSPS) is 15.2. The monoisotopic (exact) mass is 479 g/mol. The molecule has 0 radical (unpaired) electrons. The first-order valence-electron chi connectivity index (χ1n) is 12.8. The summed E-state index contributed by atoms with van der Waals surface area (Å²) in [7, 11) is 0. The molecule has 0 saturated heterocycles. The first-order chi connectivity index (χ1) is 17.6. The zero-order valence-electron chi connectivity index (χ0n) is 20.7. The summed E-state index contributed by atoms with van der Waals surface area (Å²) in [6.07, 6.45) is 6.95. The second-order valence-corrected chi connectivity index (χ2v) is 9.67. The van der Waals surface area contributed by atoms with E-state index in [2.05, 4.69) is 33.8 Å². The number of amides is 1. The Hall–Kier alpha value is -3.87. The van der Waals surface area contributed by atoms with Gasteiger partial charge in [0.2, 0.25) is 5.91 Å². The minimum Gasteiger partial charge on any atom is -0.335 e. The number of fused-ring (bicyclic) bond motifs is 2. The van der Waals surface area contributed by atoms with Crippen LogP contribution in [0.2, 0.25) is 0 Å². The molecule has 0 N–H and O–H groups in total. The van der Waals surface area contributed by atoms with Crippen molar-refractivity contribution in [2.75, 3.05) is 6.54 Å². The van der Waals surface area contributed by atoms with Crippen LogP contribution in [0, 0.1) is 0 Å². The van der Waals surface area contributed by atoms with Crippen LogP contribution in [-0.4, -0.2) is 42.7 Å². The lowest BCUT2D eigenvalue weighted by Crippen LogP contribution is -2.38. The van der Waals surface area contributed by atoms with Crippen molar-refractivity contribution in [2.24, 2.45) is 0 Å². The van der Waals surface area contributed by atoms with E-state index >= 15 is 0 Å². The molecule has 1 saturated carbocycles. The van der Waals surface area contributed by atoms with Crippen molar-refractivity contribution < 1.29 is 9.59 Å². The summed E-state index contributed by atoms with van der Waals surface area (Å²) in [5.41, 5.74) is 5.31. The lowest BCUT2D eigenvalue weighted by Gasteiger charge is -2.29. The standard InChI is InChI=1S/C29H29N5O2/c1-3-26(35)23-11-10-20(15-30-23)24-14-19-6-5-7-21(22(19)16-31-24)28-25-17-33(27(36)4-2)12-13-34(25)29(32-28)18-8-9-18/h5-7,10-11,14-16,18H,3-4,8-9,12-13,17H2,1-2H3. The molecule has 4 aromatic rings. The zero-order chi connectivity index (χ0) is 24.8. The van der Waals surface area contributed by atoms with Crippen molar-refractivity contribution in [2.45, 2.75) is 58.5 Å². The molecule has 2 aliphatic rings. The highest BCUT2D eigenvalue weighted by atomic mass is 16.2. The minimum absolute atomic E-state index is 0.0332. The highest BCUT2D eigenvalue weighted by Gasteiger charge is 2.34. The van der Waals surface area contributed by atoms with Crippen molar-refractivity contribution >= 4 is 22.5 Å². The van der Waals surface area contributed by atoms with Crippen molar-refractivity contribution in [3.63, 3.8) is 0 Å². The summed E-state index contributed by atoms with van der Waals surface area (Å²) < 4.78 is 2.36. The Balaban J connectivity index is 1.41. The van der Waals surface area contributed by atoms with E-state index in [9.17, 15) is 9.59 Å². The van der Waals surface area contributed by atoms with Crippen LogP contribution in [-0.2, 0) is 17.9 Å². The molecule has 36 heavy (non-hydrogen) atoms. The molecular weight excluding hydrogens is 450 g/mol. The fourth-order valence-electron chi connectivity index (χ4n) is 5.13. The van der Waals surface area contributed by atoms with Crippen molar-refractivity contribution in [3.8, 4) is 22.5 Å². The Kier molecular flexibility index (Phi) is 5.63. The van der Waals surface area contributed by atoms with Crippen LogP contribution in [0.5, 0.6) is 0 Å². The Morgan fingerprint density at radius 2 is 1.86 bits per heavy atom. The van der Waals surface area contributed by atoms with Crippen LogP contribution in [0.1, 0.15) is 67.5 Å². The Labute approximate surface area is 210 Å². The van der Waals surface area contributed by atoms with Gasteiger partial charge in [-0.2, -0.15) is 0 Å². The quantitative estimate of drug-likeness (QED) is 0.347. The van der Waals surface area contributed by atoms with Crippen LogP contribution >= 0.6 is 0 Å². The molecule has 1 aliphatic heterocycles. The molecule has 1 amide bonds. The maximum absolute atomic E-state index is 12.5. The molecule has 0 atom stereocenters. The van der Waals surface area contributed by atoms with Crippen LogP contribution in [0.4, 0.5) is 0 Å². The third kappa shape index (κ3) is 3.88. The third-order valence-electron chi connectivity index (χ3n) is 7.32. The predicted octanol–water partition coefficient (Wildman–Crippen LogP) is 5.38. The number of benzene rings is 1. The van der Waals surface area contributed by atoms with Gasteiger partial charge in [-0.25, -0.2) is 4.98 Å². The zero-order valence-corrected chi connectivity index (χ0v) is 20.7. The summed E-state index contributed by atoms with van der Waals surface area (Å²) in [6, 6.07) is 12.0. The summed E-state index contributed by atoms with van der Waals surface area (Å²) >= 11 is 0. The fraction of sp³-hybridized carbons (Fsp3) is 0.345. The molecule has 7 heteroatoms. The molecule has 3 aromatic heterocycles. The predicted molar refractivity (Wildman–Crippen MR) is 138 cm³/mol. The maximum atomic E-state index is 12.5. The van der Waals surface area contributed by atoms with Gasteiger partial charge in [0.05, 0.1) is 23.6 Å². The van der Waals surface area contributed by atoms with Gasteiger partial charge >= 0.3 is 0 Å². The van der Waals surface area contributed by atoms with Crippen molar-refractivity contribution in [3.05, 3.63) is 66.0 Å². The van der Waals surface area contributed by atoms with E-state index in [-0.39, 0.29) is 11.7 Å². The molecule has 1 aromatic carbocycles. The highest BCUT2D eigenvalue weighted by Crippen LogP contribution is 2.43. The van der Waals surface area contributed by atoms with Gasteiger partial charge in [-0.05, 0) is 36.4 Å². The lowest BCUT2D eigenvalue weighted by molar-refractivity contribution is -0.132. The van der Waals surface area contributed by atoms with E-state index in [0.717, 1.165) is 57.9 Å². The van der Waals surface area contributed by atoms with Gasteiger partial charge in [0.25, 0.3) is 0 Å². The highest BCUT2D eigenvalue weighted by molar-refractivity contribution is 5.98. The Morgan fingerprint density at radius 1 is 1.00 bits per heavy atom. The largest absolute Gasteiger partial charge is 0.335 e. The number of aromatic nitrogens is 4. The third-order valence-corrected chi connectivity index (χ3v) is 7.32. The number of rotatable bonds is 6. The average Bonchev–Trinajstić information content (AvgIpc) is 3.71. The first-order valence-corrected chi connectivity index (χ1v) is 12.8. The molecule has 0 bridgehead atoms. The van der Waals surface area contributed by atoms with Crippen LogP contribution in [0.15, 0.2) is 48.8 Å². The Morgan fingerprint density at radius 3 is 2.58 bits per heavy atom. The smallest absolute Gasteiger partial charge is 0.222 e. The molecule has 4 heterocycles. The van der Waals surface area contributed by atoms with Gasteiger partial charge in [0.15, 0.2) is 5.78 Å². The van der Waals surface area contributed by atoms with Gasteiger partial charge in [0.1, 0.15) is 11.5 Å². The molecule has 6 rings (SSSR count). The fourth-order valence-corrected chi connectivity index (χ4v) is 5.13. The van der Waals surface area contributed by atoms with E-state index < -0.39 is 0 Å². The number of ketones is 1. The van der Waals surface area contributed by atoms with Crippen LogP contribution in [0.3, 0.4) is 0 Å². The minimum atomic E-state index is 0.0332. The summed E-state index contributed by atoms with van der Waals surface area (Å²) in [5.74, 6) is 1.91. The molecular formula is C29H29N5O2. The number of hydrogen-bond donors (Lipinski definition) is 0. The second kappa shape index (κ2) is 8.97. The number of carbonyl (C=O) groups excluding carboxylic acids is 2. The lowest BCUT2D eigenvalue weighted by atomic mass is 10.0. The number of imidazole rings is 1. The van der Waals surface area contributed by atoms with Gasteiger partial charge in [0, 0.05) is 60.8 Å². The average molecular weight is 480 g/mol. The Bertz CT molecular complexity index is 1480. The summed E-state index contributed by atoms with van der Waals surface area (Å²) in [4.78, 5) is 40.6. The van der Waals surface area contributed by atoms with Gasteiger partial charge < -0.3 is 9.47 Å². The molecule has 1 fully saturated rings. The maximum Gasteiger partial charge on any atom is 0.222 e. The molecule has 1 aliphatic carbocycles. The SMILES string of the molecule is CCC(=O)c1ccc(-c2cc3cccc(-c4nc(C5CC5)n5c4CN(C(=O)CC)CC5)c3cn2)cn1. The molecule has 7 nitrogen and oxygen atoms in total. The van der Waals surface area contributed by atoms with E-state index in [1.807, 2.05) is 31.0 Å². The van der Waals surface area contributed by atoms with E-state index in [4.69, 9.17) is 9.97 Å². The first kappa shape index (κ1) is 22.6. The molecule has 0 spiro atoms. The van der Waals surface area contributed by atoms with Crippen molar-refractivity contribution in [1.29, 1.82) is 0 Å². The molecule has 182 valence electrons. The number of Topliss-reactive ketones (excluding diaryl/α,β-unsaturated/α-hetero) is 1. The number of nitrogens with zero attached hydrogens (tertiary/aromatic N) is 5. The number of pyridine rings is 2. The van der Waals surface area contributed by atoms with Crippen LogP contribution in [0.25, 0.3) is 33.3 Å². The van der Waals surface area contributed by atoms with Gasteiger partial charge in [-0.15, -0.1) is 0 Å². The van der Waals surface area contributed by atoms with Crippen molar-refractivity contribution in [1.82, 2.24) is 24.4 Å². The van der Waals surface area contributed by atoms with E-state index in [0.29, 0.717) is 31.0 Å². The number of hydrogen-bond acceptors (Lipinski definition) is 5. The van der Waals surface area contributed by atoms with Gasteiger partial charge in [-0.3, -0.25) is 19.6 Å². The summed E-state index contributed by atoms with van der Waals surface area (Å²) in [5, 5.41) is 2.10. The van der Waals surface area contributed by atoms with E-state index in [1.165, 1.54) is 12.8 Å². The van der Waals surface area contributed by atoms with Gasteiger partial charge in [-0.1, -0.05) is 32.0 Å². The molecule has 0 unspecified atom stereocenters. The number of carbonyl (C=O) groups is 2. The van der Waals surface area contributed by atoms with E-state index in [1.54, 1.807) is 12.3 Å². The second-order valence-electron chi connectivity index (χ2n) is 9.67. The topological polar surface area (TPSA) is 81.0 Å². The summed E-state index contributed by atoms with van der Waals surface area (Å²) in [6.45, 7) is 5.90.